The second-order valence-electron chi connectivity index (χ2n) is 6.05. The molecule has 0 bridgehead atoms. The van der Waals surface area contributed by atoms with E-state index in [2.05, 4.69) is 61.8 Å². The van der Waals surface area contributed by atoms with Crippen LogP contribution in [0.4, 0.5) is 5.13 Å². The van der Waals surface area contributed by atoms with E-state index in [0.717, 1.165) is 15.6 Å². The lowest BCUT2D eigenvalue weighted by molar-refractivity contribution is -0.116. The number of carbonyl (C=O) groups excluding carboxylic acids is 1. The molecular formula is C18H16N6O2S3. The topological polar surface area (TPSA) is 107 Å². The Morgan fingerprint density at radius 3 is 2.86 bits per heavy atom. The van der Waals surface area contributed by atoms with E-state index >= 15 is 0 Å². The number of aryl methyl sites for hydroxylation is 2. The molecule has 3 aromatic heterocycles. The maximum absolute atomic E-state index is 11.9. The first kappa shape index (κ1) is 19.7. The molecule has 0 saturated heterocycles. The SMILES string of the molecule is Cc1ccc(-c2csc(SCc3noc(CCC(=O)Nc4nncs4)n3)n2)cc1. The summed E-state index contributed by atoms with van der Waals surface area (Å²) < 4.78 is 6.18. The molecule has 0 aliphatic rings. The Bertz CT molecular complexity index is 1080. The molecule has 0 spiro atoms. The van der Waals surface area contributed by atoms with E-state index in [0.29, 0.717) is 29.0 Å². The van der Waals surface area contributed by atoms with Gasteiger partial charge in [-0.25, -0.2) is 4.98 Å². The quantitative estimate of drug-likeness (QED) is 0.403. The van der Waals surface area contributed by atoms with Gasteiger partial charge in [0.05, 0.1) is 11.4 Å². The first-order valence-corrected chi connectivity index (χ1v) is 11.4. The molecule has 4 rings (SSSR count). The zero-order valence-corrected chi connectivity index (χ0v) is 17.8. The normalized spacial score (nSPS) is 10.9. The van der Waals surface area contributed by atoms with Crippen LogP contribution in [0.1, 0.15) is 23.7 Å². The second-order valence-corrected chi connectivity index (χ2v) is 8.96. The predicted octanol–water partition coefficient (Wildman–Crippen LogP) is 4.22. The van der Waals surface area contributed by atoms with Gasteiger partial charge in [-0.05, 0) is 6.92 Å². The third kappa shape index (κ3) is 5.46. The van der Waals surface area contributed by atoms with E-state index in [1.54, 1.807) is 28.6 Å². The van der Waals surface area contributed by atoms with Crippen LogP contribution in [0.15, 0.2) is 44.0 Å². The first-order chi connectivity index (χ1) is 14.2. The van der Waals surface area contributed by atoms with Gasteiger partial charge in [0.25, 0.3) is 0 Å². The van der Waals surface area contributed by atoms with Crippen molar-refractivity contribution in [1.82, 2.24) is 25.3 Å². The minimum absolute atomic E-state index is 0.165. The van der Waals surface area contributed by atoms with Crippen molar-refractivity contribution >= 4 is 45.5 Å². The monoisotopic (exact) mass is 444 g/mol. The number of aromatic nitrogens is 5. The van der Waals surface area contributed by atoms with E-state index in [1.807, 2.05) is 5.38 Å². The third-order valence-electron chi connectivity index (χ3n) is 3.84. The maximum Gasteiger partial charge on any atom is 0.227 e. The molecule has 0 aliphatic carbocycles. The summed E-state index contributed by atoms with van der Waals surface area (Å²) in [6.07, 6.45) is 0.609. The summed E-state index contributed by atoms with van der Waals surface area (Å²) in [5.41, 5.74) is 4.85. The van der Waals surface area contributed by atoms with E-state index in [1.165, 1.54) is 16.9 Å². The number of amides is 1. The molecule has 0 aliphatic heterocycles. The smallest absolute Gasteiger partial charge is 0.227 e. The molecule has 0 saturated carbocycles. The lowest BCUT2D eigenvalue weighted by Crippen LogP contribution is -2.12. The van der Waals surface area contributed by atoms with Gasteiger partial charge in [0.2, 0.25) is 16.9 Å². The molecule has 1 amide bonds. The van der Waals surface area contributed by atoms with Gasteiger partial charge in [0.15, 0.2) is 10.2 Å². The highest BCUT2D eigenvalue weighted by Gasteiger charge is 2.12. The summed E-state index contributed by atoms with van der Waals surface area (Å²) in [5, 5.41) is 16.6. The Balaban J connectivity index is 1.26. The number of hydrogen-bond acceptors (Lipinski definition) is 10. The number of thioether (sulfide) groups is 1. The predicted molar refractivity (Wildman–Crippen MR) is 113 cm³/mol. The third-order valence-corrected chi connectivity index (χ3v) is 6.46. The molecule has 148 valence electrons. The first-order valence-electron chi connectivity index (χ1n) is 8.68. The number of nitrogens with one attached hydrogen (secondary N) is 1. The van der Waals surface area contributed by atoms with Gasteiger partial charge in [0, 0.05) is 23.8 Å². The van der Waals surface area contributed by atoms with Crippen LogP contribution in [-0.4, -0.2) is 31.2 Å². The van der Waals surface area contributed by atoms with Crippen molar-refractivity contribution in [3.05, 3.63) is 52.4 Å². The van der Waals surface area contributed by atoms with Crippen LogP contribution in [0.2, 0.25) is 0 Å². The standard InChI is InChI=1S/C18H16N6O2S3/c1-11-2-4-12(5-3-11)13-8-27-18(20-13)28-9-14-21-16(26-24-14)7-6-15(25)22-17-23-19-10-29-17/h2-5,8,10H,6-7,9H2,1H3,(H,22,23,25). The van der Waals surface area contributed by atoms with Gasteiger partial charge < -0.3 is 9.84 Å². The fourth-order valence-electron chi connectivity index (χ4n) is 2.39. The zero-order chi connectivity index (χ0) is 20.1. The fourth-order valence-corrected chi connectivity index (χ4v) is 4.53. The zero-order valence-electron chi connectivity index (χ0n) is 15.4. The van der Waals surface area contributed by atoms with Gasteiger partial charge in [-0.15, -0.1) is 21.5 Å². The molecule has 0 unspecified atom stereocenters. The van der Waals surface area contributed by atoms with Crippen molar-refractivity contribution < 1.29 is 9.32 Å². The van der Waals surface area contributed by atoms with E-state index in [-0.39, 0.29) is 12.3 Å². The van der Waals surface area contributed by atoms with Gasteiger partial charge in [-0.2, -0.15) is 4.98 Å². The minimum Gasteiger partial charge on any atom is -0.339 e. The highest BCUT2D eigenvalue weighted by Crippen LogP contribution is 2.30. The highest BCUT2D eigenvalue weighted by molar-refractivity contribution is 8.00. The lowest BCUT2D eigenvalue weighted by atomic mass is 10.1. The Morgan fingerprint density at radius 2 is 2.07 bits per heavy atom. The number of carbonyl (C=O) groups is 1. The van der Waals surface area contributed by atoms with Gasteiger partial charge in [-0.1, -0.05) is 58.1 Å². The summed E-state index contributed by atoms with van der Waals surface area (Å²) in [4.78, 5) is 20.9. The van der Waals surface area contributed by atoms with Gasteiger partial charge >= 0.3 is 0 Å². The molecule has 3 heterocycles. The molecule has 0 radical (unpaired) electrons. The molecule has 11 heteroatoms. The number of rotatable bonds is 8. The van der Waals surface area contributed by atoms with Crippen molar-refractivity contribution in [2.24, 2.45) is 0 Å². The average molecular weight is 445 g/mol. The van der Waals surface area contributed by atoms with Gasteiger partial charge in [0.1, 0.15) is 5.51 Å². The summed E-state index contributed by atoms with van der Waals surface area (Å²) in [6, 6.07) is 8.31. The number of nitrogens with zero attached hydrogens (tertiary/aromatic N) is 5. The molecule has 1 aromatic carbocycles. The van der Waals surface area contributed by atoms with E-state index < -0.39 is 0 Å². The van der Waals surface area contributed by atoms with Crippen LogP contribution in [-0.2, 0) is 17.0 Å². The van der Waals surface area contributed by atoms with Crippen LogP contribution >= 0.6 is 34.4 Å². The maximum atomic E-state index is 11.9. The summed E-state index contributed by atoms with van der Waals surface area (Å²) in [6.45, 7) is 2.07. The van der Waals surface area contributed by atoms with Crippen molar-refractivity contribution in [1.29, 1.82) is 0 Å². The van der Waals surface area contributed by atoms with Crippen LogP contribution in [0.5, 0.6) is 0 Å². The number of thiazole rings is 1. The number of benzene rings is 1. The van der Waals surface area contributed by atoms with Crippen LogP contribution < -0.4 is 5.32 Å². The van der Waals surface area contributed by atoms with Gasteiger partial charge in [-0.3, -0.25) is 4.79 Å². The van der Waals surface area contributed by atoms with Crippen molar-refractivity contribution in [2.75, 3.05) is 5.32 Å². The Hall–Kier alpha value is -2.63. The lowest BCUT2D eigenvalue weighted by Gasteiger charge is -1.97. The fraction of sp³-hybridized carbons (Fsp3) is 0.222. The highest BCUT2D eigenvalue weighted by atomic mass is 32.2. The Morgan fingerprint density at radius 1 is 1.21 bits per heavy atom. The number of hydrogen-bond donors (Lipinski definition) is 1. The summed E-state index contributed by atoms with van der Waals surface area (Å²) in [5.74, 6) is 1.41. The molecule has 0 fully saturated rings. The molecule has 8 nitrogen and oxygen atoms in total. The largest absolute Gasteiger partial charge is 0.339 e. The summed E-state index contributed by atoms with van der Waals surface area (Å²) >= 11 is 4.42. The van der Waals surface area contributed by atoms with Crippen LogP contribution in [0, 0.1) is 6.92 Å². The summed E-state index contributed by atoms with van der Waals surface area (Å²) in [7, 11) is 0. The average Bonchev–Trinajstić information content (AvgIpc) is 3.47. The van der Waals surface area contributed by atoms with Crippen LogP contribution in [0.25, 0.3) is 11.3 Å². The Kier molecular flexibility index (Phi) is 6.27. The van der Waals surface area contributed by atoms with E-state index in [9.17, 15) is 4.79 Å². The molecule has 1 N–H and O–H groups in total. The molecule has 29 heavy (non-hydrogen) atoms. The van der Waals surface area contributed by atoms with Crippen molar-refractivity contribution in [3.63, 3.8) is 0 Å². The second kappa shape index (κ2) is 9.25. The molecular weight excluding hydrogens is 428 g/mol. The molecule has 0 atom stereocenters. The Labute approximate surface area is 178 Å². The number of anilines is 1. The van der Waals surface area contributed by atoms with Crippen molar-refractivity contribution in [2.45, 2.75) is 29.9 Å². The van der Waals surface area contributed by atoms with Crippen LogP contribution in [0.3, 0.4) is 0 Å². The van der Waals surface area contributed by atoms with E-state index in [4.69, 9.17) is 4.52 Å². The molecule has 4 aromatic rings. The van der Waals surface area contributed by atoms with Crippen molar-refractivity contribution in [3.8, 4) is 11.3 Å². The minimum atomic E-state index is -0.165.